The van der Waals surface area contributed by atoms with Crippen molar-refractivity contribution in [2.24, 2.45) is 0 Å². The molecule has 4 rings (SSSR count). The number of fused-ring (bicyclic) bond motifs is 3. The zero-order valence-corrected chi connectivity index (χ0v) is 17.6. The summed E-state index contributed by atoms with van der Waals surface area (Å²) in [7, 11) is 0. The Balaban J connectivity index is 1.35. The van der Waals surface area contributed by atoms with Gasteiger partial charge in [0.15, 0.2) is 0 Å². The van der Waals surface area contributed by atoms with Gasteiger partial charge in [-0.25, -0.2) is 0 Å². The highest BCUT2D eigenvalue weighted by molar-refractivity contribution is 8.01. The number of furan rings is 1. The van der Waals surface area contributed by atoms with Gasteiger partial charge in [-0.05, 0) is 50.2 Å². The Morgan fingerprint density at radius 3 is 2.40 bits per heavy atom. The number of hydrogen-bond donors (Lipinski definition) is 2. The van der Waals surface area contributed by atoms with Crippen molar-refractivity contribution in [2.45, 2.75) is 19.1 Å². The molecule has 1 unspecified atom stereocenters. The molecule has 6 heteroatoms. The van der Waals surface area contributed by atoms with Gasteiger partial charge in [0.05, 0.1) is 11.0 Å². The van der Waals surface area contributed by atoms with Crippen LogP contribution >= 0.6 is 11.8 Å². The van der Waals surface area contributed by atoms with E-state index in [1.165, 1.54) is 11.8 Å². The lowest BCUT2D eigenvalue weighted by Crippen LogP contribution is -2.25. The lowest BCUT2D eigenvalue weighted by Gasteiger charge is -2.12. The van der Waals surface area contributed by atoms with Gasteiger partial charge in [-0.3, -0.25) is 9.59 Å². The van der Waals surface area contributed by atoms with Gasteiger partial charge in [0.1, 0.15) is 11.2 Å². The van der Waals surface area contributed by atoms with Crippen LogP contribution in [0.15, 0.2) is 71.1 Å². The maximum absolute atomic E-state index is 12.6. The Morgan fingerprint density at radius 2 is 1.60 bits per heavy atom. The average Bonchev–Trinajstić information content (AvgIpc) is 3.11. The summed E-state index contributed by atoms with van der Waals surface area (Å²) in [5.41, 5.74) is 4.19. The highest BCUT2D eigenvalue weighted by Crippen LogP contribution is 2.30. The number of amides is 2. The van der Waals surface area contributed by atoms with Crippen LogP contribution in [-0.4, -0.2) is 22.8 Å². The molecule has 0 fully saturated rings. The summed E-state index contributed by atoms with van der Waals surface area (Å²) in [6.45, 7) is 3.79. The summed E-state index contributed by atoms with van der Waals surface area (Å²) >= 11 is 1.30. The van der Waals surface area contributed by atoms with E-state index in [9.17, 15) is 9.59 Å². The summed E-state index contributed by atoms with van der Waals surface area (Å²) in [4.78, 5) is 24.7. The molecular formula is C24H22N2O3S. The fourth-order valence-corrected chi connectivity index (χ4v) is 3.84. The minimum atomic E-state index is -0.370. The van der Waals surface area contributed by atoms with E-state index in [0.717, 1.165) is 33.2 Å². The number of aryl methyl sites for hydroxylation is 1. The molecule has 0 aliphatic carbocycles. The predicted molar refractivity (Wildman–Crippen MR) is 124 cm³/mol. The van der Waals surface area contributed by atoms with Crippen molar-refractivity contribution in [3.63, 3.8) is 0 Å². The molecule has 2 N–H and O–H groups in total. The monoisotopic (exact) mass is 418 g/mol. The predicted octanol–water partition coefficient (Wildman–Crippen LogP) is 5.59. The van der Waals surface area contributed by atoms with Gasteiger partial charge >= 0.3 is 0 Å². The van der Waals surface area contributed by atoms with Crippen LogP contribution in [0.1, 0.15) is 12.5 Å². The number of hydrogen-bond acceptors (Lipinski definition) is 4. The van der Waals surface area contributed by atoms with Crippen molar-refractivity contribution < 1.29 is 14.0 Å². The molecule has 0 aliphatic heterocycles. The lowest BCUT2D eigenvalue weighted by molar-refractivity contribution is -0.115. The molecule has 2 amide bonds. The van der Waals surface area contributed by atoms with E-state index < -0.39 is 0 Å². The normalized spacial score (nSPS) is 12.1. The topological polar surface area (TPSA) is 71.3 Å². The molecule has 3 aromatic carbocycles. The largest absolute Gasteiger partial charge is 0.456 e. The second-order valence-electron chi connectivity index (χ2n) is 7.17. The summed E-state index contributed by atoms with van der Waals surface area (Å²) < 4.78 is 5.82. The average molecular weight is 419 g/mol. The van der Waals surface area contributed by atoms with Gasteiger partial charge in [-0.1, -0.05) is 35.9 Å². The van der Waals surface area contributed by atoms with Gasteiger partial charge in [0.2, 0.25) is 11.8 Å². The molecule has 0 saturated heterocycles. The molecule has 0 radical (unpaired) electrons. The number of carbonyl (C=O) groups is 2. The summed E-state index contributed by atoms with van der Waals surface area (Å²) in [5.74, 6) is -0.0708. The van der Waals surface area contributed by atoms with E-state index in [2.05, 4.69) is 10.6 Å². The Morgan fingerprint density at radius 1 is 0.900 bits per heavy atom. The van der Waals surface area contributed by atoms with E-state index in [4.69, 9.17) is 4.42 Å². The first-order valence-electron chi connectivity index (χ1n) is 9.70. The van der Waals surface area contributed by atoms with Crippen LogP contribution in [0, 0.1) is 6.92 Å². The molecule has 0 saturated carbocycles. The second kappa shape index (κ2) is 8.63. The van der Waals surface area contributed by atoms with E-state index in [1.54, 1.807) is 6.92 Å². The van der Waals surface area contributed by atoms with E-state index in [-0.39, 0.29) is 22.8 Å². The lowest BCUT2D eigenvalue weighted by atomic mass is 10.1. The minimum Gasteiger partial charge on any atom is -0.456 e. The molecule has 5 nitrogen and oxygen atoms in total. The Bertz CT molecular complexity index is 1210. The molecule has 0 aliphatic rings. The van der Waals surface area contributed by atoms with Crippen molar-refractivity contribution in [3.05, 3.63) is 72.3 Å². The first kappa shape index (κ1) is 20.0. The van der Waals surface area contributed by atoms with Crippen molar-refractivity contribution in [1.29, 1.82) is 0 Å². The van der Waals surface area contributed by atoms with Crippen LogP contribution in [0.25, 0.3) is 21.9 Å². The number of benzene rings is 3. The van der Waals surface area contributed by atoms with Crippen LogP contribution < -0.4 is 10.6 Å². The minimum absolute atomic E-state index is 0.130. The number of rotatable bonds is 6. The molecule has 4 aromatic rings. The van der Waals surface area contributed by atoms with Gasteiger partial charge in [-0.2, -0.15) is 0 Å². The Kier molecular flexibility index (Phi) is 5.77. The number of thioether (sulfide) groups is 1. The molecule has 0 bridgehead atoms. The number of para-hydroxylation sites is 1. The van der Waals surface area contributed by atoms with Gasteiger partial charge in [-0.15, -0.1) is 11.8 Å². The Hall–Kier alpha value is -3.25. The molecule has 1 atom stereocenters. The molecule has 1 heterocycles. The first-order chi connectivity index (χ1) is 14.5. The summed E-state index contributed by atoms with van der Waals surface area (Å²) in [6.07, 6.45) is 0. The highest BCUT2D eigenvalue weighted by Gasteiger charge is 2.16. The maximum Gasteiger partial charge on any atom is 0.237 e. The third kappa shape index (κ3) is 4.49. The molecular weight excluding hydrogens is 396 g/mol. The number of nitrogens with one attached hydrogen (secondary N) is 2. The van der Waals surface area contributed by atoms with Crippen LogP contribution in [0.2, 0.25) is 0 Å². The van der Waals surface area contributed by atoms with Crippen LogP contribution in [0.3, 0.4) is 0 Å². The van der Waals surface area contributed by atoms with E-state index in [1.807, 2.05) is 73.7 Å². The van der Waals surface area contributed by atoms with Gasteiger partial charge in [0.25, 0.3) is 0 Å². The van der Waals surface area contributed by atoms with Crippen molar-refractivity contribution in [1.82, 2.24) is 0 Å². The molecule has 152 valence electrons. The molecule has 1 aromatic heterocycles. The van der Waals surface area contributed by atoms with E-state index >= 15 is 0 Å². The number of carbonyl (C=O) groups excluding carboxylic acids is 2. The van der Waals surface area contributed by atoms with Crippen molar-refractivity contribution >= 4 is 56.9 Å². The summed E-state index contributed by atoms with van der Waals surface area (Å²) in [5, 5.41) is 7.38. The van der Waals surface area contributed by atoms with Crippen LogP contribution in [-0.2, 0) is 9.59 Å². The maximum atomic E-state index is 12.6. The van der Waals surface area contributed by atoms with Crippen LogP contribution in [0.5, 0.6) is 0 Å². The fraction of sp³-hybridized carbons (Fsp3) is 0.167. The van der Waals surface area contributed by atoms with Crippen molar-refractivity contribution in [2.75, 3.05) is 16.4 Å². The standard InChI is InChI=1S/C24H22N2O3S/c1-15-7-9-17(10-8-15)25-23(27)14-30-16(2)24(28)26-18-11-12-22-20(13-18)19-5-3-4-6-21(19)29-22/h3-13,16H,14H2,1-2H3,(H,25,27)(H,26,28). The molecule has 30 heavy (non-hydrogen) atoms. The zero-order valence-electron chi connectivity index (χ0n) is 16.8. The smallest absolute Gasteiger partial charge is 0.237 e. The third-order valence-corrected chi connectivity index (χ3v) is 5.96. The first-order valence-corrected chi connectivity index (χ1v) is 10.7. The Labute approximate surface area is 178 Å². The second-order valence-corrected chi connectivity index (χ2v) is 8.49. The quantitative estimate of drug-likeness (QED) is 0.428. The van der Waals surface area contributed by atoms with Gasteiger partial charge in [0, 0.05) is 22.1 Å². The summed E-state index contributed by atoms with van der Waals surface area (Å²) in [6, 6.07) is 21.0. The highest BCUT2D eigenvalue weighted by atomic mass is 32.2. The third-order valence-electron chi connectivity index (χ3n) is 4.81. The van der Waals surface area contributed by atoms with E-state index in [0.29, 0.717) is 5.69 Å². The number of anilines is 2. The fourth-order valence-electron chi connectivity index (χ4n) is 3.16. The zero-order chi connectivity index (χ0) is 21.1. The van der Waals surface area contributed by atoms with Gasteiger partial charge < -0.3 is 15.1 Å². The van der Waals surface area contributed by atoms with Crippen molar-refractivity contribution in [3.8, 4) is 0 Å². The molecule has 0 spiro atoms. The SMILES string of the molecule is Cc1ccc(NC(=O)CSC(C)C(=O)Nc2ccc3oc4ccccc4c3c2)cc1. The van der Waals surface area contributed by atoms with Crippen LogP contribution in [0.4, 0.5) is 11.4 Å².